The predicted molar refractivity (Wildman–Crippen MR) is 76.6 cm³/mol. The van der Waals surface area contributed by atoms with Crippen molar-refractivity contribution >= 4 is 29.0 Å². The van der Waals surface area contributed by atoms with Gasteiger partial charge in [0.1, 0.15) is 23.0 Å². The maximum absolute atomic E-state index is 11.4. The normalized spacial score (nSPS) is 16.5. The molecule has 0 spiro atoms. The van der Waals surface area contributed by atoms with Crippen molar-refractivity contribution in [3.05, 3.63) is 41.0 Å². The van der Waals surface area contributed by atoms with Crippen molar-refractivity contribution in [1.29, 1.82) is 0 Å². The standard InChI is InChI=1S/C14H9NO5S/c16-7-1-3-9(10(17)5-7)11-4-2-8(20-11)6-12-13(18)15-14(19)21-12/h1-6,16-17H,(H,15,18,19)/b12-6-. The largest absolute Gasteiger partial charge is 0.508 e. The highest BCUT2D eigenvalue weighted by Crippen LogP contribution is 2.34. The van der Waals surface area contributed by atoms with E-state index < -0.39 is 11.1 Å². The number of rotatable bonds is 2. The number of furan rings is 1. The van der Waals surface area contributed by atoms with E-state index in [0.29, 0.717) is 17.1 Å². The molecule has 3 rings (SSSR count). The molecule has 3 N–H and O–H groups in total. The van der Waals surface area contributed by atoms with Crippen LogP contribution in [-0.2, 0) is 4.79 Å². The molecule has 0 unspecified atom stereocenters. The third kappa shape index (κ3) is 2.63. The number of phenolic OH excluding ortho intramolecular Hbond substituents is 2. The monoisotopic (exact) mass is 303 g/mol. The molecule has 2 aromatic rings. The Bertz CT molecular complexity index is 777. The first-order valence-electron chi connectivity index (χ1n) is 5.90. The number of carbonyl (C=O) groups excluding carboxylic acids is 2. The lowest BCUT2D eigenvalue weighted by molar-refractivity contribution is -0.115. The smallest absolute Gasteiger partial charge is 0.290 e. The molecular weight excluding hydrogens is 294 g/mol. The molecule has 2 heterocycles. The Morgan fingerprint density at radius 2 is 1.95 bits per heavy atom. The number of phenols is 2. The molecule has 1 aliphatic heterocycles. The molecule has 0 aliphatic carbocycles. The van der Waals surface area contributed by atoms with Crippen LogP contribution in [0.2, 0.25) is 0 Å². The minimum Gasteiger partial charge on any atom is -0.508 e. The molecule has 21 heavy (non-hydrogen) atoms. The van der Waals surface area contributed by atoms with Gasteiger partial charge in [-0.05, 0) is 36.0 Å². The van der Waals surface area contributed by atoms with Crippen molar-refractivity contribution in [3.8, 4) is 22.8 Å². The van der Waals surface area contributed by atoms with E-state index in [9.17, 15) is 19.8 Å². The summed E-state index contributed by atoms with van der Waals surface area (Å²) in [5, 5.41) is 20.7. The van der Waals surface area contributed by atoms with Gasteiger partial charge in [0.05, 0.1) is 10.5 Å². The van der Waals surface area contributed by atoms with Gasteiger partial charge >= 0.3 is 0 Å². The van der Waals surface area contributed by atoms with Crippen LogP contribution in [0.4, 0.5) is 4.79 Å². The SMILES string of the molecule is O=C1NC(=O)/C(=C/c2ccc(-c3ccc(O)cc3O)o2)S1. The third-order valence-corrected chi connectivity index (χ3v) is 3.60. The summed E-state index contributed by atoms with van der Waals surface area (Å²) < 4.78 is 5.51. The number of nitrogens with one attached hydrogen (secondary N) is 1. The summed E-state index contributed by atoms with van der Waals surface area (Å²) in [5.41, 5.74) is 0.414. The van der Waals surface area contributed by atoms with Crippen LogP contribution in [0.15, 0.2) is 39.7 Å². The Morgan fingerprint density at radius 3 is 2.62 bits per heavy atom. The van der Waals surface area contributed by atoms with E-state index >= 15 is 0 Å². The maximum atomic E-state index is 11.4. The second kappa shape index (κ2) is 5.02. The van der Waals surface area contributed by atoms with Gasteiger partial charge in [0.2, 0.25) is 0 Å². The van der Waals surface area contributed by atoms with E-state index in [-0.39, 0.29) is 16.4 Å². The number of thioether (sulfide) groups is 1. The van der Waals surface area contributed by atoms with Crippen LogP contribution in [0.3, 0.4) is 0 Å². The zero-order chi connectivity index (χ0) is 15.0. The van der Waals surface area contributed by atoms with E-state index in [2.05, 4.69) is 5.32 Å². The molecule has 0 bridgehead atoms. The van der Waals surface area contributed by atoms with Crippen LogP contribution in [0.1, 0.15) is 5.76 Å². The summed E-state index contributed by atoms with van der Waals surface area (Å²) in [5.74, 6) is 0.128. The van der Waals surface area contributed by atoms with Gasteiger partial charge in [-0.25, -0.2) is 0 Å². The Kier molecular flexibility index (Phi) is 3.19. The first-order valence-corrected chi connectivity index (χ1v) is 6.71. The summed E-state index contributed by atoms with van der Waals surface area (Å²) >= 11 is 0.798. The van der Waals surface area contributed by atoms with Gasteiger partial charge in [-0.1, -0.05) is 0 Å². The number of aromatic hydroxyl groups is 2. The number of carbonyl (C=O) groups is 2. The molecule has 1 aliphatic rings. The Balaban J connectivity index is 1.92. The molecular formula is C14H9NO5S. The zero-order valence-corrected chi connectivity index (χ0v) is 11.3. The minimum absolute atomic E-state index is 0.0531. The van der Waals surface area contributed by atoms with Gasteiger partial charge in [0.25, 0.3) is 11.1 Å². The summed E-state index contributed by atoms with van der Waals surface area (Å²) in [6, 6.07) is 7.38. The molecule has 6 nitrogen and oxygen atoms in total. The van der Waals surface area contributed by atoms with Gasteiger partial charge in [-0.15, -0.1) is 0 Å². The van der Waals surface area contributed by atoms with Crippen LogP contribution in [0.5, 0.6) is 11.5 Å². The molecule has 1 fully saturated rings. The highest BCUT2D eigenvalue weighted by molar-refractivity contribution is 8.18. The van der Waals surface area contributed by atoms with Gasteiger partial charge in [-0.2, -0.15) is 0 Å². The maximum Gasteiger partial charge on any atom is 0.290 e. The van der Waals surface area contributed by atoms with Crippen molar-refractivity contribution in [2.45, 2.75) is 0 Å². The quantitative estimate of drug-likeness (QED) is 0.738. The van der Waals surface area contributed by atoms with Gasteiger partial charge < -0.3 is 14.6 Å². The fraction of sp³-hybridized carbons (Fsp3) is 0. The van der Waals surface area contributed by atoms with E-state index in [1.165, 1.54) is 24.3 Å². The Hall–Kier alpha value is -2.67. The molecule has 0 atom stereocenters. The molecule has 1 saturated heterocycles. The molecule has 7 heteroatoms. The molecule has 2 amide bonds. The average Bonchev–Trinajstić information content (AvgIpc) is 2.97. The van der Waals surface area contributed by atoms with Crippen molar-refractivity contribution in [2.24, 2.45) is 0 Å². The number of hydrogen-bond acceptors (Lipinski definition) is 6. The summed E-state index contributed by atoms with van der Waals surface area (Å²) in [6.07, 6.45) is 1.45. The minimum atomic E-state index is -0.463. The molecule has 1 aromatic carbocycles. The van der Waals surface area contributed by atoms with Gasteiger partial charge in [0.15, 0.2) is 0 Å². The lowest BCUT2D eigenvalue weighted by atomic mass is 10.1. The van der Waals surface area contributed by atoms with E-state index in [4.69, 9.17) is 4.42 Å². The Labute approximate surface area is 123 Å². The van der Waals surface area contributed by atoms with Crippen molar-refractivity contribution in [3.63, 3.8) is 0 Å². The fourth-order valence-electron chi connectivity index (χ4n) is 1.85. The number of imide groups is 1. The lowest BCUT2D eigenvalue weighted by Gasteiger charge is -2.01. The average molecular weight is 303 g/mol. The zero-order valence-electron chi connectivity index (χ0n) is 10.5. The molecule has 106 valence electrons. The lowest BCUT2D eigenvalue weighted by Crippen LogP contribution is -2.17. The number of benzene rings is 1. The van der Waals surface area contributed by atoms with Crippen LogP contribution < -0.4 is 5.32 Å². The molecule has 1 aromatic heterocycles. The van der Waals surface area contributed by atoms with Crippen molar-refractivity contribution in [1.82, 2.24) is 5.32 Å². The summed E-state index contributed by atoms with van der Waals surface area (Å²) in [7, 11) is 0. The summed E-state index contributed by atoms with van der Waals surface area (Å²) in [4.78, 5) is 22.7. The van der Waals surface area contributed by atoms with Crippen LogP contribution >= 0.6 is 11.8 Å². The van der Waals surface area contributed by atoms with Crippen molar-refractivity contribution < 1.29 is 24.2 Å². The van der Waals surface area contributed by atoms with Crippen LogP contribution in [0, 0.1) is 0 Å². The Morgan fingerprint density at radius 1 is 1.14 bits per heavy atom. The van der Waals surface area contributed by atoms with Crippen LogP contribution in [0.25, 0.3) is 17.4 Å². The highest BCUT2D eigenvalue weighted by atomic mass is 32.2. The predicted octanol–water partition coefficient (Wildman–Crippen LogP) is 2.68. The van der Waals surface area contributed by atoms with Gasteiger partial charge in [-0.3, -0.25) is 14.9 Å². The first-order chi connectivity index (χ1) is 10.0. The van der Waals surface area contributed by atoms with E-state index in [0.717, 1.165) is 11.8 Å². The van der Waals surface area contributed by atoms with E-state index in [1.807, 2.05) is 0 Å². The third-order valence-electron chi connectivity index (χ3n) is 2.79. The second-order valence-corrected chi connectivity index (χ2v) is 5.27. The van der Waals surface area contributed by atoms with Crippen molar-refractivity contribution in [2.75, 3.05) is 0 Å². The first kappa shape index (κ1) is 13.3. The summed E-state index contributed by atoms with van der Waals surface area (Å²) in [6.45, 7) is 0. The highest BCUT2D eigenvalue weighted by Gasteiger charge is 2.25. The second-order valence-electron chi connectivity index (χ2n) is 4.26. The fourth-order valence-corrected chi connectivity index (χ4v) is 2.52. The topological polar surface area (TPSA) is 99.8 Å². The van der Waals surface area contributed by atoms with E-state index in [1.54, 1.807) is 12.1 Å². The van der Waals surface area contributed by atoms with Crippen LogP contribution in [-0.4, -0.2) is 21.4 Å². The van der Waals surface area contributed by atoms with Gasteiger partial charge in [0, 0.05) is 12.1 Å². The number of hydrogen-bond donors (Lipinski definition) is 3. The molecule has 0 radical (unpaired) electrons. The molecule has 0 saturated carbocycles. The number of amides is 2.